The van der Waals surface area contributed by atoms with Crippen molar-refractivity contribution in [1.29, 1.82) is 0 Å². The minimum absolute atomic E-state index is 0.00574. The summed E-state index contributed by atoms with van der Waals surface area (Å²) in [6, 6.07) is 0.0877. The summed E-state index contributed by atoms with van der Waals surface area (Å²) in [5, 5.41) is 2.63. The van der Waals surface area contributed by atoms with E-state index in [0.29, 0.717) is 18.4 Å². The van der Waals surface area contributed by atoms with Gasteiger partial charge in [0, 0.05) is 6.04 Å². The van der Waals surface area contributed by atoms with Gasteiger partial charge < -0.3 is 10.2 Å². The highest BCUT2D eigenvalue weighted by Crippen LogP contribution is 2.37. The fraction of sp³-hybridized carbons (Fsp3) is 0.800. The Balaban J connectivity index is 2.15. The van der Waals surface area contributed by atoms with E-state index in [9.17, 15) is 9.59 Å². The Hall–Kier alpha value is -1.06. The minimum Gasteiger partial charge on any atom is -0.345 e. The highest BCUT2D eigenvalue weighted by molar-refractivity contribution is 5.95. The molecule has 2 aliphatic rings. The zero-order valence-electron chi connectivity index (χ0n) is 8.62. The first kappa shape index (κ1) is 9.49. The van der Waals surface area contributed by atoms with Crippen LogP contribution in [-0.4, -0.2) is 35.3 Å². The predicted octanol–water partition coefficient (Wildman–Crippen LogP) is 0.132. The number of amides is 2. The van der Waals surface area contributed by atoms with E-state index in [1.165, 1.54) is 0 Å². The van der Waals surface area contributed by atoms with Gasteiger partial charge >= 0.3 is 0 Å². The molecule has 0 bridgehead atoms. The van der Waals surface area contributed by atoms with Gasteiger partial charge in [-0.2, -0.15) is 0 Å². The Morgan fingerprint density at radius 2 is 2.14 bits per heavy atom. The van der Waals surface area contributed by atoms with E-state index in [0.717, 1.165) is 6.42 Å². The number of nitrogens with zero attached hydrogens (tertiary/aromatic N) is 1. The zero-order valence-corrected chi connectivity index (χ0v) is 8.62. The lowest BCUT2D eigenvalue weighted by Gasteiger charge is -2.34. The zero-order chi connectivity index (χ0) is 10.3. The van der Waals surface area contributed by atoms with E-state index < -0.39 is 0 Å². The quantitative estimate of drug-likeness (QED) is 0.682. The summed E-state index contributed by atoms with van der Waals surface area (Å²) in [5.74, 6) is 0.649. The maximum atomic E-state index is 11.6. The maximum Gasteiger partial charge on any atom is 0.243 e. The summed E-state index contributed by atoms with van der Waals surface area (Å²) in [7, 11) is 0. The molecular formula is C10H16N2O2. The van der Waals surface area contributed by atoms with Crippen LogP contribution in [-0.2, 0) is 9.59 Å². The topological polar surface area (TPSA) is 49.4 Å². The lowest BCUT2D eigenvalue weighted by Crippen LogP contribution is -2.59. The molecule has 0 radical (unpaired) electrons. The van der Waals surface area contributed by atoms with Gasteiger partial charge in [0.2, 0.25) is 11.8 Å². The van der Waals surface area contributed by atoms with E-state index >= 15 is 0 Å². The summed E-state index contributed by atoms with van der Waals surface area (Å²) in [5.41, 5.74) is 0. The second-order valence-electron chi connectivity index (χ2n) is 4.22. The number of rotatable bonds is 2. The molecule has 0 aromatic carbocycles. The van der Waals surface area contributed by atoms with Gasteiger partial charge in [-0.25, -0.2) is 0 Å². The van der Waals surface area contributed by atoms with Crippen LogP contribution in [0, 0.1) is 5.92 Å². The van der Waals surface area contributed by atoms with Crippen molar-refractivity contribution >= 4 is 11.8 Å². The van der Waals surface area contributed by atoms with Crippen molar-refractivity contribution in [3.63, 3.8) is 0 Å². The van der Waals surface area contributed by atoms with Crippen molar-refractivity contribution in [3.8, 4) is 0 Å². The van der Waals surface area contributed by atoms with Crippen LogP contribution in [0.5, 0.6) is 0 Å². The maximum absolute atomic E-state index is 11.6. The molecule has 1 saturated carbocycles. The van der Waals surface area contributed by atoms with E-state index in [1.807, 2.05) is 6.92 Å². The Morgan fingerprint density at radius 3 is 2.64 bits per heavy atom. The van der Waals surface area contributed by atoms with Crippen LogP contribution >= 0.6 is 0 Å². The summed E-state index contributed by atoms with van der Waals surface area (Å²) in [6.45, 7) is 4.25. The molecule has 2 fully saturated rings. The minimum atomic E-state index is -0.230. The second kappa shape index (κ2) is 3.26. The predicted molar refractivity (Wildman–Crippen MR) is 51.5 cm³/mol. The number of carbonyl (C=O) groups is 2. The molecule has 3 atom stereocenters. The number of carbonyl (C=O) groups excluding carboxylic acids is 2. The molecule has 14 heavy (non-hydrogen) atoms. The van der Waals surface area contributed by atoms with Crippen LogP contribution in [0.25, 0.3) is 0 Å². The van der Waals surface area contributed by atoms with Gasteiger partial charge in [0.15, 0.2) is 0 Å². The summed E-state index contributed by atoms with van der Waals surface area (Å²) in [4.78, 5) is 25.0. The molecule has 1 aliphatic heterocycles. The van der Waals surface area contributed by atoms with E-state index in [1.54, 1.807) is 4.90 Å². The standard InChI is InChI=1S/C10H16N2O2/c1-3-7-10(14)11-5-9(13)12(7)8-4-6(8)2/h6-8H,3-5H2,1-2H3,(H,11,14). The van der Waals surface area contributed by atoms with Crippen molar-refractivity contribution < 1.29 is 9.59 Å². The van der Waals surface area contributed by atoms with E-state index in [4.69, 9.17) is 0 Å². The molecule has 0 spiro atoms. The molecule has 4 nitrogen and oxygen atoms in total. The van der Waals surface area contributed by atoms with Crippen LogP contribution in [0.3, 0.4) is 0 Å². The molecule has 1 heterocycles. The molecule has 4 heteroatoms. The smallest absolute Gasteiger partial charge is 0.243 e. The molecule has 3 unspecified atom stereocenters. The number of nitrogens with one attached hydrogen (secondary N) is 1. The van der Waals surface area contributed by atoms with Gasteiger partial charge in [0.25, 0.3) is 0 Å². The van der Waals surface area contributed by atoms with Crippen LogP contribution in [0.4, 0.5) is 0 Å². The van der Waals surface area contributed by atoms with Gasteiger partial charge in [0.1, 0.15) is 6.04 Å². The third-order valence-electron chi connectivity index (χ3n) is 3.15. The average molecular weight is 196 g/mol. The lowest BCUT2D eigenvalue weighted by atomic mass is 10.1. The molecule has 1 saturated heterocycles. The Bertz CT molecular complexity index is 277. The monoisotopic (exact) mass is 196 g/mol. The summed E-state index contributed by atoms with van der Waals surface area (Å²) in [6.07, 6.45) is 1.76. The first-order valence-electron chi connectivity index (χ1n) is 5.24. The second-order valence-corrected chi connectivity index (χ2v) is 4.22. The van der Waals surface area contributed by atoms with Gasteiger partial charge in [-0.05, 0) is 18.8 Å². The normalized spacial score (nSPS) is 37.0. The summed E-state index contributed by atoms with van der Waals surface area (Å²) < 4.78 is 0. The van der Waals surface area contributed by atoms with Crippen LogP contribution in [0.2, 0.25) is 0 Å². The van der Waals surface area contributed by atoms with Gasteiger partial charge in [0.05, 0.1) is 6.54 Å². The average Bonchev–Trinajstić information content (AvgIpc) is 2.86. The molecule has 78 valence electrons. The van der Waals surface area contributed by atoms with Gasteiger partial charge in [-0.3, -0.25) is 9.59 Å². The van der Waals surface area contributed by atoms with Crippen molar-refractivity contribution in [1.82, 2.24) is 10.2 Å². The highest BCUT2D eigenvalue weighted by atomic mass is 16.2. The summed E-state index contributed by atoms with van der Waals surface area (Å²) >= 11 is 0. The van der Waals surface area contributed by atoms with Crippen LogP contribution in [0.15, 0.2) is 0 Å². The third kappa shape index (κ3) is 1.38. The Kier molecular flexibility index (Phi) is 2.21. The fourth-order valence-electron chi connectivity index (χ4n) is 2.16. The Labute approximate surface area is 83.6 Å². The molecular weight excluding hydrogens is 180 g/mol. The van der Waals surface area contributed by atoms with Crippen LogP contribution in [0.1, 0.15) is 26.7 Å². The van der Waals surface area contributed by atoms with E-state index in [-0.39, 0.29) is 24.4 Å². The van der Waals surface area contributed by atoms with Gasteiger partial charge in [-0.15, -0.1) is 0 Å². The number of piperazine rings is 1. The van der Waals surface area contributed by atoms with Crippen molar-refractivity contribution in [2.45, 2.75) is 38.8 Å². The molecule has 1 N–H and O–H groups in total. The first-order valence-corrected chi connectivity index (χ1v) is 5.24. The Morgan fingerprint density at radius 1 is 1.50 bits per heavy atom. The van der Waals surface area contributed by atoms with Crippen LogP contribution < -0.4 is 5.32 Å². The largest absolute Gasteiger partial charge is 0.345 e. The molecule has 0 aromatic rings. The SMILES string of the molecule is CCC1C(=O)NCC(=O)N1C1CC1C. The highest BCUT2D eigenvalue weighted by Gasteiger charge is 2.46. The van der Waals surface area contributed by atoms with Crippen molar-refractivity contribution in [2.24, 2.45) is 5.92 Å². The van der Waals surface area contributed by atoms with Crippen molar-refractivity contribution in [2.75, 3.05) is 6.54 Å². The first-order chi connectivity index (χ1) is 6.65. The van der Waals surface area contributed by atoms with Gasteiger partial charge in [-0.1, -0.05) is 13.8 Å². The molecule has 1 aliphatic carbocycles. The van der Waals surface area contributed by atoms with Crippen molar-refractivity contribution in [3.05, 3.63) is 0 Å². The number of hydrogen-bond donors (Lipinski definition) is 1. The molecule has 0 aromatic heterocycles. The molecule has 2 amide bonds. The van der Waals surface area contributed by atoms with E-state index in [2.05, 4.69) is 12.2 Å². The molecule has 2 rings (SSSR count). The third-order valence-corrected chi connectivity index (χ3v) is 3.15. The fourth-order valence-corrected chi connectivity index (χ4v) is 2.16. The number of hydrogen-bond acceptors (Lipinski definition) is 2. The lowest BCUT2D eigenvalue weighted by molar-refractivity contribution is -0.146.